The minimum atomic E-state index is -0.619. The normalized spacial score (nSPS) is 12.0. The molecular weight excluding hydrogens is 358 g/mol. The Bertz CT molecular complexity index is 1160. The maximum absolute atomic E-state index is 12.4. The number of hydrogen-bond donors (Lipinski definition) is 1. The summed E-state index contributed by atoms with van der Waals surface area (Å²) >= 11 is 0. The summed E-state index contributed by atoms with van der Waals surface area (Å²) in [6.07, 6.45) is 1.26. The van der Waals surface area contributed by atoms with E-state index in [0.717, 1.165) is 20.5 Å². The average Bonchev–Trinajstić information content (AvgIpc) is 3.10. The van der Waals surface area contributed by atoms with Crippen molar-refractivity contribution < 1.29 is 5.11 Å². The van der Waals surface area contributed by atoms with E-state index in [1.165, 1.54) is 20.3 Å². The number of hydrogen-bond acceptors (Lipinski definition) is 5. The smallest absolute Gasteiger partial charge is 0.333 e. The summed E-state index contributed by atoms with van der Waals surface area (Å²) in [6.45, 7) is 6.14. The molecule has 28 heavy (non-hydrogen) atoms. The Morgan fingerprint density at radius 1 is 1.07 bits per heavy atom. The molecule has 0 spiro atoms. The first kappa shape index (κ1) is 19.3. The molecule has 0 radical (unpaired) electrons. The van der Waals surface area contributed by atoms with E-state index in [2.05, 4.69) is 10.1 Å². The maximum atomic E-state index is 12.4. The molecule has 2 heterocycles. The first-order chi connectivity index (χ1) is 13.1. The number of aromatic hydroxyl groups is 1. The molecule has 1 aromatic carbocycles. The van der Waals surface area contributed by atoms with Gasteiger partial charge in [-0.25, -0.2) is 14.5 Å². The Hall–Kier alpha value is -3.42. The fraction of sp³-hybridized carbons (Fsp3) is 0.300. The van der Waals surface area contributed by atoms with Gasteiger partial charge >= 0.3 is 5.69 Å². The molecule has 0 aliphatic carbocycles. The Kier molecular flexibility index (Phi) is 4.80. The molecule has 2 aromatic heterocycles. The zero-order valence-corrected chi connectivity index (χ0v) is 16.5. The van der Waals surface area contributed by atoms with Crippen LogP contribution in [0.1, 0.15) is 32.0 Å². The van der Waals surface area contributed by atoms with Gasteiger partial charge in [0, 0.05) is 31.8 Å². The van der Waals surface area contributed by atoms with Crippen molar-refractivity contribution in [1.29, 1.82) is 0 Å². The number of rotatable bonds is 3. The van der Waals surface area contributed by atoms with E-state index in [0.29, 0.717) is 5.82 Å². The van der Waals surface area contributed by atoms with Crippen LogP contribution in [0.25, 0.3) is 5.69 Å². The molecule has 0 bridgehead atoms. The van der Waals surface area contributed by atoms with Crippen LogP contribution in [0.15, 0.2) is 51.0 Å². The largest absolute Gasteiger partial charge is 0.494 e. The highest BCUT2D eigenvalue weighted by atomic mass is 16.3. The maximum Gasteiger partial charge on any atom is 0.333 e. The van der Waals surface area contributed by atoms with Gasteiger partial charge in [-0.05, 0) is 12.1 Å². The van der Waals surface area contributed by atoms with Gasteiger partial charge in [-0.1, -0.05) is 39.0 Å². The minimum Gasteiger partial charge on any atom is -0.494 e. The molecule has 3 aromatic rings. The summed E-state index contributed by atoms with van der Waals surface area (Å²) < 4.78 is 3.61. The highest BCUT2D eigenvalue weighted by molar-refractivity contribution is 5.83. The molecule has 0 saturated heterocycles. The van der Waals surface area contributed by atoms with Gasteiger partial charge in [0.05, 0.1) is 11.4 Å². The molecule has 1 N–H and O–H groups in total. The van der Waals surface area contributed by atoms with Crippen LogP contribution in [-0.4, -0.2) is 30.2 Å². The molecular formula is C20H23N5O3. The Morgan fingerprint density at radius 2 is 1.71 bits per heavy atom. The summed E-state index contributed by atoms with van der Waals surface area (Å²) in [5.74, 6) is 0.0742. The summed E-state index contributed by atoms with van der Waals surface area (Å²) in [5.41, 5.74) is 0.167. The van der Waals surface area contributed by atoms with E-state index in [9.17, 15) is 14.7 Å². The van der Waals surface area contributed by atoms with Crippen LogP contribution >= 0.6 is 0 Å². The number of nitrogens with zero attached hydrogens (tertiary/aromatic N) is 5. The predicted molar refractivity (Wildman–Crippen MR) is 108 cm³/mol. The number of aliphatic imine (C=N–C) groups is 1. The summed E-state index contributed by atoms with van der Waals surface area (Å²) in [7, 11) is 2.74. The van der Waals surface area contributed by atoms with Gasteiger partial charge in [-0.2, -0.15) is 5.10 Å². The molecule has 3 rings (SSSR count). The Morgan fingerprint density at radius 3 is 2.32 bits per heavy atom. The van der Waals surface area contributed by atoms with Crippen LogP contribution in [0.5, 0.6) is 5.88 Å². The second-order valence-corrected chi connectivity index (χ2v) is 7.59. The molecule has 0 unspecified atom stereocenters. The first-order valence-electron chi connectivity index (χ1n) is 8.80. The molecule has 0 aliphatic rings. The summed E-state index contributed by atoms with van der Waals surface area (Å²) in [6, 6.07) is 11.4. The Labute approximate surface area is 162 Å². The van der Waals surface area contributed by atoms with E-state index in [-0.39, 0.29) is 11.0 Å². The minimum absolute atomic E-state index is 0.0669. The third-order valence-electron chi connectivity index (χ3n) is 4.45. The zero-order valence-electron chi connectivity index (χ0n) is 16.5. The van der Waals surface area contributed by atoms with Crippen molar-refractivity contribution in [3.63, 3.8) is 0 Å². The lowest BCUT2D eigenvalue weighted by Gasteiger charge is -2.14. The van der Waals surface area contributed by atoms with Crippen LogP contribution in [0.4, 0.5) is 5.82 Å². The zero-order chi connectivity index (χ0) is 20.6. The van der Waals surface area contributed by atoms with E-state index >= 15 is 0 Å². The van der Waals surface area contributed by atoms with Gasteiger partial charge in [0.15, 0.2) is 5.82 Å². The highest BCUT2D eigenvalue weighted by Crippen LogP contribution is 2.27. The molecule has 8 nitrogen and oxygen atoms in total. The van der Waals surface area contributed by atoms with E-state index in [1.54, 1.807) is 4.68 Å². The van der Waals surface area contributed by atoms with Gasteiger partial charge in [-0.15, -0.1) is 0 Å². The molecule has 0 amide bonds. The summed E-state index contributed by atoms with van der Waals surface area (Å²) in [5, 5.41) is 14.9. The summed E-state index contributed by atoms with van der Waals surface area (Å²) in [4.78, 5) is 28.7. The van der Waals surface area contributed by atoms with Crippen LogP contribution in [0.3, 0.4) is 0 Å². The van der Waals surface area contributed by atoms with Crippen molar-refractivity contribution in [3.05, 3.63) is 68.5 Å². The van der Waals surface area contributed by atoms with E-state index in [4.69, 9.17) is 0 Å². The second-order valence-electron chi connectivity index (χ2n) is 7.59. The SMILES string of the molecule is Cn1c(O)c(/C=N/c2cc(C(C)(C)C)nn2-c2ccccc2)c(=O)n(C)c1=O. The number of aromatic nitrogens is 4. The van der Waals surface area contributed by atoms with Crippen LogP contribution in [0.2, 0.25) is 0 Å². The lowest BCUT2D eigenvalue weighted by Crippen LogP contribution is -2.38. The third-order valence-corrected chi connectivity index (χ3v) is 4.45. The first-order valence-corrected chi connectivity index (χ1v) is 8.80. The lowest BCUT2D eigenvalue weighted by atomic mass is 9.92. The Balaban J connectivity index is 2.17. The van der Waals surface area contributed by atoms with Gasteiger partial charge in [0.1, 0.15) is 5.56 Å². The molecule has 0 atom stereocenters. The standard InChI is InChI=1S/C20H23N5O3/c1-20(2,3)15-11-16(25(22-15)13-9-7-6-8-10-13)21-12-14-17(26)23(4)19(28)24(5)18(14)27/h6-12,26H,1-5H3/b21-12+. The van der Waals surface area contributed by atoms with Crippen LogP contribution in [-0.2, 0) is 19.5 Å². The monoisotopic (exact) mass is 381 g/mol. The fourth-order valence-electron chi connectivity index (χ4n) is 2.69. The molecule has 146 valence electrons. The fourth-order valence-corrected chi connectivity index (χ4v) is 2.69. The van der Waals surface area contributed by atoms with E-state index < -0.39 is 17.1 Å². The molecule has 0 fully saturated rings. The van der Waals surface area contributed by atoms with Crippen molar-refractivity contribution >= 4 is 12.0 Å². The van der Waals surface area contributed by atoms with Crippen LogP contribution in [0, 0.1) is 0 Å². The van der Waals surface area contributed by atoms with Crippen molar-refractivity contribution in [2.24, 2.45) is 19.1 Å². The van der Waals surface area contributed by atoms with Crippen molar-refractivity contribution in [1.82, 2.24) is 18.9 Å². The quantitative estimate of drug-likeness (QED) is 0.702. The third kappa shape index (κ3) is 3.40. The predicted octanol–water partition coefficient (Wildman–Crippen LogP) is 2.02. The second kappa shape index (κ2) is 6.95. The van der Waals surface area contributed by atoms with Crippen molar-refractivity contribution in [2.75, 3.05) is 0 Å². The van der Waals surface area contributed by atoms with Gasteiger partial charge in [0.25, 0.3) is 5.56 Å². The van der Waals surface area contributed by atoms with Crippen molar-refractivity contribution in [3.8, 4) is 11.6 Å². The highest BCUT2D eigenvalue weighted by Gasteiger charge is 2.20. The topological polar surface area (TPSA) is 94.4 Å². The van der Waals surface area contributed by atoms with Gasteiger partial charge in [0.2, 0.25) is 5.88 Å². The number of benzene rings is 1. The van der Waals surface area contributed by atoms with Gasteiger partial charge in [-0.3, -0.25) is 13.9 Å². The average molecular weight is 381 g/mol. The lowest BCUT2D eigenvalue weighted by molar-refractivity contribution is 0.410. The molecule has 0 saturated carbocycles. The molecule has 8 heteroatoms. The van der Waals surface area contributed by atoms with E-state index in [1.807, 2.05) is 57.2 Å². The molecule has 0 aliphatic heterocycles. The van der Waals surface area contributed by atoms with Crippen molar-refractivity contribution in [2.45, 2.75) is 26.2 Å². The van der Waals surface area contributed by atoms with Gasteiger partial charge < -0.3 is 5.11 Å². The van der Waals surface area contributed by atoms with Crippen LogP contribution < -0.4 is 11.2 Å². The number of para-hydroxylation sites is 1.